The zero-order chi connectivity index (χ0) is 11.5. The molecular weight excluding hydrogens is 242 g/mol. The fourth-order valence-electron chi connectivity index (χ4n) is 1.39. The van der Waals surface area contributed by atoms with Crippen molar-refractivity contribution in [2.45, 2.75) is 20.4 Å². The minimum atomic E-state index is 0.521. The Labute approximate surface area is 104 Å². The fourth-order valence-corrected chi connectivity index (χ4v) is 2.19. The Morgan fingerprint density at radius 1 is 1.31 bits per heavy atom. The predicted octanol–water partition coefficient (Wildman–Crippen LogP) is 3.42. The lowest BCUT2D eigenvalue weighted by molar-refractivity contribution is 1.04. The monoisotopic (exact) mass is 253 g/mol. The van der Waals surface area contributed by atoms with Gasteiger partial charge in [0.2, 0.25) is 0 Å². The average Bonchev–Trinajstić information content (AvgIpc) is 2.63. The minimum Gasteiger partial charge on any atom is -0.378 e. The smallest absolute Gasteiger partial charge is 0.129 e. The van der Waals surface area contributed by atoms with E-state index in [1.165, 1.54) is 0 Å². The van der Waals surface area contributed by atoms with Gasteiger partial charge in [0.15, 0.2) is 0 Å². The molecule has 2 aromatic rings. The second kappa shape index (κ2) is 4.80. The van der Waals surface area contributed by atoms with Crippen molar-refractivity contribution in [3.05, 3.63) is 39.1 Å². The molecule has 0 radical (unpaired) electrons. The van der Waals surface area contributed by atoms with Crippen molar-refractivity contribution in [2.24, 2.45) is 0 Å². The maximum absolute atomic E-state index is 5.79. The number of thiazole rings is 1. The SMILES string of the molecule is Cc1nc(CNc2ccc(Cl)nc2C)cs1. The van der Waals surface area contributed by atoms with E-state index in [2.05, 4.69) is 20.7 Å². The summed E-state index contributed by atoms with van der Waals surface area (Å²) in [6.07, 6.45) is 0. The molecule has 0 amide bonds. The van der Waals surface area contributed by atoms with Crippen LogP contribution in [0.25, 0.3) is 0 Å². The van der Waals surface area contributed by atoms with Crippen LogP contribution in [0.2, 0.25) is 5.15 Å². The molecule has 0 unspecified atom stereocenters. The van der Waals surface area contributed by atoms with Crippen molar-refractivity contribution < 1.29 is 0 Å². The van der Waals surface area contributed by atoms with Crippen LogP contribution in [0.5, 0.6) is 0 Å². The van der Waals surface area contributed by atoms with Gasteiger partial charge in [0, 0.05) is 5.38 Å². The van der Waals surface area contributed by atoms with Gasteiger partial charge in [-0.3, -0.25) is 0 Å². The largest absolute Gasteiger partial charge is 0.378 e. The minimum absolute atomic E-state index is 0.521. The second-order valence-electron chi connectivity index (χ2n) is 3.48. The molecule has 2 heterocycles. The number of rotatable bonds is 3. The molecule has 1 N–H and O–H groups in total. The Bertz CT molecular complexity index is 496. The second-order valence-corrected chi connectivity index (χ2v) is 4.93. The summed E-state index contributed by atoms with van der Waals surface area (Å²) < 4.78 is 0. The first-order valence-corrected chi connectivity index (χ1v) is 6.19. The quantitative estimate of drug-likeness (QED) is 0.852. The van der Waals surface area contributed by atoms with E-state index in [9.17, 15) is 0 Å². The molecule has 0 aliphatic heterocycles. The molecule has 16 heavy (non-hydrogen) atoms. The van der Waals surface area contributed by atoms with Gasteiger partial charge in [-0.05, 0) is 26.0 Å². The van der Waals surface area contributed by atoms with E-state index in [1.807, 2.05) is 19.9 Å². The molecule has 0 fully saturated rings. The number of nitrogens with zero attached hydrogens (tertiary/aromatic N) is 2. The highest BCUT2D eigenvalue weighted by molar-refractivity contribution is 7.09. The van der Waals surface area contributed by atoms with Crippen LogP contribution in [0.1, 0.15) is 16.4 Å². The number of pyridine rings is 1. The standard InChI is InChI=1S/C11H12ClN3S/c1-7-10(3-4-11(12)14-7)13-5-9-6-16-8(2)15-9/h3-4,6,13H,5H2,1-2H3. The zero-order valence-corrected chi connectivity index (χ0v) is 10.7. The zero-order valence-electron chi connectivity index (χ0n) is 9.12. The van der Waals surface area contributed by atoms with E-state index >= 15 is 0 Å². The molecule has 3 nitrogen and oxygen atoms in total. The highest BCUT2D eigenvalue weighted by Crippen LogP contribution is 2.17. The Kier molecular flexibility index (Phi) is 3.41. The van der Waals surface area contributed by atoms with Crippen molar-refractivity contribution in [3.8, 4) is 0 Å². The molecule has 0 saturated heterocycles. The van der Waals surface area contributed by atoms with Gasteiger partial charge in [-0.2, -0.15) is 0 Å². The van der Waals surface area contributed by atoms with E-state index in [1.54, 1.807) is 17.4 Å². The third kappa shape index (κ3) is 2.71. The first kappa shape index (κ1) is 11.4. The van der Waals surface area contributed by atoms with Crippen LogP contribution in [0.4, 0.5) is 5.69 Å². The van der Waals surface area contributed by atoms with Crippen molar-refractivity contribution in [3.63, 3.8) is 0 Å². The fraction of sp³-hybridized carbons (Fsp3) is 0.273. The van der Waals surface area contributed by atoms with Gasteiger partial charge in [-0.15, -0.1) is 11.3 Å². The van der Waals surface area contributed by atoms with Crippen LogP contribution >= 0.6 is 22.9 Å². The highest BCUT2D eigenvalue weighted by atomic mass is 35.5. The molecular formula is C11H12ClN3S. The third-order valence-corrected chi connectivity index (χ3v) is 3.21. The maximum Gasteiger partial charge on any atom is 0.129 e. The van der Waals surface area contributed by atoms with Crippen molar-refractivity contribution in [2.75, 3.05) is 5.32 Å². The summed E-state index contributed by atoms with van der Waals surface area (Å²) in [4.78, 5) is 8.56. The van der Waals surface area contributed by atoms with E-state index in [4.69, 9.17) is 11.6 Å². The van der Waals surface area contributed by atoms with E-state index in [-0.39, 0.29) is 0 Å². The summed E-state index contributed by atoms with van der Waals surface area (Å²) in [5.41, 5.74) is 2.95. The van der Waals surface area contributed by atoms with E-state index in [0.717, 1.165) is 22.1 Å². The lowest BCUT2D eigenvalue weighted by atomic mass is 10.3. The van der Waals surface area contributed by atoms with Gasteiger partial charge in [0.05, 0.1) is 28.6 Å². The Morgan fingerprint density at radius 3 is 2.75 bits per heavy atom. The topological polar surface area (TPSA) is 37.8 Å². The number of hydrogen-bond donors (Lipinski definition) is 1. The summed E-state index contributed by atoms with van der Waals surface area (Å²) in [6, 6.07) is 3.72. The van der Waals surface area contributed by atoms with Gasteiger partial charge in [0.25, 0.3) is 0 Å². The summed E-state index contributed by atoms with van der Waals surface area (Å²) in [7, 11) is 0. The Hall–Kier alpha value is -1.13. The molecule has 0 bridgehead atoms. The molecule has 0 saturated carbocycles. The number of hydrogen-bond acceptors (Lipinski definition) is 4. The average molecular weight is 254 g/mol. The molecule has 5 heteroatoms. The number of aryl methyl sites for hydroxylation is 2. The van der Waals surface area contributed by atoms with Crippen LogP contribution in [-0.2, 0) is 6.54 Å². The summed E-state index contributed by atoms with van der Waals surface area (Å²) in [6.45, 7) is 4.65. The number of aromatic nitrogens is 2. The van der Waals surface area contributed by atoms with Crippen LogP contribution in [0.15, 0.2) is 17.5 Å². The molecule has 2 aromatic heterocycles. The van der Waals surface area contributed by atoms with E-state index in [0.29, 0.717) is 11.7 Å². The lowest BCUT2D eigenvalue weighted by Crippen LogP contribution is -2.02. The Morgan fingerprint density at radius 2 is 2.12 bits per heavy atom. The lowest BCUT2D eigenvalue weighted by Gasteiger charge is -2.07. The first-order valence-electron chi connectivity index (χ1n) is 4.93. The van der Waals surface area contributed by atoms with Crippen LogP contribution < -0.4 is 5.32 Å². The van der Waals surface area contributed by atoms with Crippen molar-refractivity contribution >= 4 is 28.6 Å². The van der Waals surface area contributed by atoms with Gasteiger partial charge in [0.1, 0.15) is 5.15 Å². The molecule has 0 aromatic carbocycles. The normalized spacial score (nSPS) is 10.4. The van der Waals surface area contributed by atoms with Crippen LogP contribution in [0, 0.1) is 13.8 Å². The van der Waals surface area contributed by atoms with Crippen LogP contribution in [0.3, 0.4) is 0 Å². The summed E-state index contributed by atoms with van der Waals surface area (Å²) in [5, 5.41) is 6.96. The predicted molar refractivity (Wildman–Crippen MR) is 68.2 cm³/mol. The van der Waals surface area contributed by atoms with Gasteiger partial charge in [-0.25, -0.2) is 9.97 Å². The van der Waals surface area contributed by atoms with Crippen LogP contribution in [-0.4, -0.2) is 9.97 Å². The molecule has 0 aliphatic rings. The Balaban J connectivity index is 2.04. The van der Waals surface area contributed by atoms with Gasteiger partial charge < -0.3 is 5.32 Å². The van der Waals surface area contributed by atoms with Crippen molar-refractivity contribution in [1.29, 1.82) is 0 Å². The first-order chi connectivity index (χ1) is 7.65. The van der Waals surface area contributed by atoms with Gasteiger partial charge in [-0.1, -0.05) is 11.6 Å². The number of anilines is 1. The van der Waals surface area contributed by atoms with Gasteiger partial charge >= 0.3 is 0 Å². The molecule has 0 spiro atoms. The van der Waals surface area contributed by atoms with Crippen molar-refractivity contribution in [1.82, 2.24) is 9.97 Å². The van der Waals surface area contributed by atoms with E-state index < -0.39 is 0 Å². The summed E-state index contributed by atoms with van der Waals surface area (Å²) >= 11 is 7.45. The molecule has 0 aliphatic carbocycles. The number of halogens is 1. The maximum atomic E-state index is 5.79. The molecule has 84 valence electrons. The molecule has 2 rings (SSSR count). The summed E-state index contributed by atoms with van der Waals surface area (Å²) in [5.74, 6) is 0. The highest BCUT2D eigenvalue weighted by Gasteiger charge is 2.02. The third-order valence-electron chi connectivity index (χ3n) is 2.18. The number of nitrogens with one attached hydrogen (secondary N) is 1. The molecule has 0 atom stereocenters.